The Kier molecular flexibility index (Phi) is 1.47. The van der Waals surface area contributed by atoms with Crippen LogP contribution in [0.15, 0.2) is 30.6 Å². The van der Waals surface area contributed by atoms with E-state index >= 15 is 0 Å². The zero-order valence-electron chi connectivity index (χ0n) is 7.98. The molecule has 2 aromatic heterocycles. The topological polar surface area (TPSA) is 43.3 Å². The predicted octanol–water partition coefficient (Wildman–Crippen LogP) is 1.32. The van der Waals surface area contributed by atoms with Crippen LogP contribution in [0.25, 0.3) is 5.65 Å². The van der Waals surface area contributed by atoms with E-state index in [0.717, 1.165) is 17.9 Å². The molecule has 1 aliphatic carbocycles. The average molecular weight is 187 g/mol. The van der Waals surface area contributed by atoms with Crippen LogP contribution in [0.3, 0.4) is 0 Å². The zero-order valence-corrected chi connectivity index (χ0v) is 7.98. The second-order valence-corrected chi connectivity index (χ2v) is 4.08. The van der Waals surface area contributed by atoms with Crippen LogP contribution in [0, 0.1) is 0 Å². The Labute approximate surface area is 82.6 Å². The largest absolute Gasteiger partial charge is 0.330 e. The lowest BCUT2D eigenvalue weighted by Crippen LogP contribution is -2.19. The Balaban J connectivity index is 2.15. The van der Waals surface area contributed by atoms with Crippen LogP contribution in [-0.2, 0) is 5.41 Å². The van der Waals surface area contributed by atoms with Crippen LogP contribution in [0.1, 0.15) is 18.5 Å². The van der Waals surface area contributed by atoms with Crippen LogP contribution in [-0.4, -0.2) is 15.9 Å². The van der Waals surface area contributed by atoms with E-state index in [1.807, 2.05) is 24.4 Å². The third-order valence-corrected chi connectivity index (χ3v) is 3.15. The van der Waals surface area contributed by atoms with Crippen molar-refractivity contribution in [2.45, 2.75) is 18.3 Å². The molecule has 3 rings (SSSR count). The fourth-order valence-corrected chi connectivity index (χ4v) is 1.91. The fraction of sp³-hybridized carbons (Fsp3) is 0.364. The van der Waals surface area contributed by atoms with Crippen LogP contribution in [0.5, 0.6) is 0 Å². The monoisotopic (exact) mass is 187 g/mol. The van der Waals surface area contributed by atoms with Gasteiger partial charge in [-0.2, -0.15) is 0 Å². The second-order valence-electron chi connectivity index (χ2n) is 4.08. The molecule has 0 atom stereocenters. The summed E-state index contributed by atoms with van der Waals surface area (Å²) in [6.07, 6.45) is 6.51. The lowest BCUT2D eigenvalue weighted by Gasteiger charge is -2.06. The molecule has 0 bridgehead atoms. The standard InChI is InChI=1S/C11H13N3/c12-8-11(4-5-11)9-7-14-6-2-1-3-10(14)13-9/h1-3,6-7H,4-5,8,12H2. The van der Waals surface area contributed by atoms with Crippen molar-refractivity contribution < 1.29 is 0 Å². The third-order valence-electron chi connectivity index (χ3n) is 3.15. The number of hydrogen-bond acceptors (Lipinski definition) is 2. The first kappa shape index (κ1) is 8.00. The van der Waals surface area contributed by atoms with E-state index in [0.29, 0.717) is 0 Å². The average Bonchev–Trinajstić information content (AvgIpc) is 2.91. The molecule has 0 radical (unpaired) electrons. The van der Waals surface area contributed by atoms with Gasteiger partial charge in [0.2, 0.25) is 0 Å². The highest BCUT2D eigenvalue weighted by atomic mass is 15.0. The number of rotatable bonds is 2. The third kappa shape index (κ3) is 0.990. The number of pyridine rings is 1. The molecule has 2 N–H and O–H groups in total. The van der Waals surface area contributed by atoms with Crippen LogP contribution in [0.4, 0.5) is 0 Å². The van der Waals surface area contributed by atoms with Gasteiger partial charge in [0.1, 0.15) is 5.65 Å². The maximum atomic E-state index is 5.77. The van der Waals surface area contributed by atoms with Crippen molar-refractivity contribution in [3.05, 3.63) is 36.3 Å². The Morgan fingerprint density at radius 2 is 2.29 bits per heavy atom. The van der Waals surface area contributed by atoms with E-state index in [2.05, 4.69) is 15.6 Å². The summed E-state index contributed by atoms with van der Waals surface area (Å²) in [5.74, 6) is 0. The van der Waals surface area contributed by atoms with Gasteiger partial charge in [-0.15, -0.1) is 0 Å². The number of aromatic nitrogens is 2. The number of fused-ring (bicyclic) bond motifs is 1. The van der Waals surface area contributed by atoms with E-state index in [9.17, 15) is 0 Å². The van der Waals surface area contributed by atoms with Crippen LogP contribution < -0.4 is 5.73 Å². The molecule has 1 aliphatic rings. The van der Waals surface area contributed by atoms with Crippen molar-refractivity contribution in [1.29, 1.82) is 0 Å². The van der Waals surface area contributed by atoms with Gasteiger partial charge in [-0.05, 0) is 25.0 Å². The van der Waals surface area contributed by atoms with E-state index in [1.54, 1.807) is 0 Å². The van der Waals surface area contributed by atoms with Gasteiger partial charge in [0.05, 0.1) is 5.69 Å². The van der Waals surface area contributed by atoms with Gasteiger partial charge in [0, 0.05) is 24.4 Å². The molecule has 2 heterocycles. The summed E-state index contributed by atoms with van der Waals surface area (Å²) < 4.78 is 2.06. The molecule has 0 saturated heterocycles. The molecule has 3 heteroatoms. The molecule has 0 aliphatic heterocycles. The van der Waals surface area contributed by atoms with Gasteiger partial charge in [0.25, 0.3) is 0 Å². The summed E-state index contributed by atoms with van der Waals surface area (Å²) in [6.45, 7) is 0.719. The van der Waals surface area contributed by atoms with Gasteiger partial charge >= 0.3 is 0 Å². The molecule has 1 fully saturated rings. The van der Waals surface area contributed by atoms with Crippen molar-refractivity contribution >= 4 is 5.65 Å². The number of nitrogens with zero attached hydrogens (tertiary/aromatic N) is 2. The molecule has 0 amide bonds. The Morgan fingerprint density at radius 1 is 1.43 bits per heavy atom. The minimum Gasteiger partial charge on any atom is -0.330 e. The Morgan fingerprint density at radius 3 is 2.93 bits per heavy atom. The van der Waals surface area contributed by atoms with Gasteiger partial charge in [-0.3, -0.25) is 0 Å². The Bertz CT molecular complexity index is 435. The molecular weight excluding hydrogens is 174 g/mol. The molecule has 0 spiro atoms. The lowest BCUT2D eigenvalue weighted by molar-refractivity contribution is 0.684. The van der Waals surface area contributed by atoms with E-state index in [4.69, 9.17) is 5.73 Å². The van der Waals surface area contributed by atoms with E-state index < -0.39 is 0 Å². The van der Waals surface area contributed by atoms with Crippen molar-refractivity contribution in [2.24, 2.45) is 5.73 Å². The van der Waals surface area contributed by atoms with Gasteiger partial charge in [-0.25, -0.2) is 4.98 Å². The molecule has 1 saturated carbocycles. The molecule has 14 heavy (non-hydrogen) atoms. The molecule has 72 valence electrons. The van der Waals surface area contributed by atoms with Gasteiger partial charge < -0.3 is 10.1 Å². The SMILES string of the molecule is NCC1(c2cn3ccccc3n2)CC1. The minimum absolute atomic E-state index is 0.200. The summed E-state index contributed by atoms with van der Waals surface area (Å²) in [6, 6.07) is 6.05. The maximum absolute atomic E-state index is 5.77. The summed E-state index contributed by atoms with van der Waals surface area (Å²) in [5.41, 5.74) is 8.15. The normalized spacial score (nSPS) is 18.6. The number of imidazole rings is 1. The fourth-order valence-electron chi connectivity index (χ4n) is 1.91. The van der Waals surface area contributed by atoms with Crippen LogP contribution in [0.2, 0.25) is 0 Å². The molecule has 3 nitrogen and oxygen atoms in total. The summed E-state index contributed by atoms with van der Waals surface area (Å²) >= 11 is 0. The van der Waals surface area contributed by atoms with Crippen molar-refractivity contribution in [1.82, 2.24) is 9.38 Å². The van der Waals surface area contributed by atoms with Crippen molar-refractivity contribution in [3.63, 3.8) is 0 Å². The zero-order chi connectivity index (χ0) is 9.60. The number of nitrogens with two attached hydrogens (primary N) is 1. The van der Waals surface area contributed by atoms with E-state index in [-0.39, 0.29) is 5.41 Å². The number of hydrogen-bond donors (Lipinski definition) is 1. The highest BCUT2D eigenvalue weighted by Gasteiger charge is 2.44. The van der Waals surface area contributed by atoms with Crippen LogP contribution >= 0.6 is 0 Å². The predicted molar refractivity (Wildman–Crippen MR) is 55.2 cm³/mol. The maximum Gasteiger partial charge on any atom is 0.136 e. The smallest absolute Gasteiger partial charge is 0.136 e. The lowest BCUT2D eigenvalue weighted by atomic mass is 10.0. The van der Waals surface area contributed by atoms with Gasteiger partial charge in [-0.1, -0.05) is 6.07 Å². The van der Waals surface area contributed by atoms with Gasteiger partial charge in [0.15, 0.2) is 0 Å². The molecule has 0 aromatic carbocycles. The highest BCUT2D eigenvalue weighted by Crippen LogP contribution is 2.46. The summed E-state index contributed by atoms with van der Waals surface area (Å²) in [4.78, 5) is 4.60. The molecule has 2 aromatic rings. The first-order valence-corrected chi connectivity index (χ1v) is 4.98. The highest BCUT2D eigenvalue weighted by molar-refractivity contribution is 5.42. The van der Waals surface area contributed by atoms with E-state index in [1.165, 1.54) is 12.8 Å². The molecular formula is C11H13N3. The minimum atomic E-state index is 0.200. The first-order chi connectivity index (χ1) is 6.84. The summed E-state index contributed by atoms with van der Waals surface area (Å²) in [7, 11) is 0. The molecule has 0 unspecified atom stereocenters. The Hall–Kier alpha value is -1.35. The quantitative estimate of drug-likeness (QED) is 0.770. The summed E-state index contributed by atoms with van der Waals surface area (Å²) in [5, 5.41) is 0. The van der Waals surface area contributed by atoms with Crippen molar-refractivity contribution in [3.8, 4) is 0 Å². The second kappa shape index (κ2) is 2.58. The van der Waals surface area contributed by atoms with Crippen molar-refractivity contribution in [2.75, 3.05) is 6.54 Å². The first-order valence-electron chi connectivity index (χ1n) is 4.98.